The first-order valence-electron chi connectivity index (χ1n) is 8.10. The molecule has 2 saturated carbocycles. The zero-order valence-electron chi connectivity index (χ0n) is 13.0. The van der Waals surface area contributed by atoms with Crippen LogP contribution in [0, 0.1) is 18.3 Å². The van der Waals surface area contributed by atoms with Crippen LogP contribution in [0.5, 0.6) is 0 Å². The molecule has 1 atom stereocenters. The summed E-state index contributed by atoms with van der Waals surface area (Å²) in [6.45, 7) is 2.06. The van der Waals surface area contributed by atoms with Crippen LogP contribution in [0.4, 0.5) is 0 Å². The smallest absolute Gasteiger partial charge is 0.310 e. The van der Waals surface area contributed by atoms with Gasteiger partial charge in [-0.2, -0.15) is 0 Å². The number of carbonyl (C=O) groups excluding carboxylic acids is 1. The lowest BCUT2D eigenvalue weighted by molar-refractivity contribution is -0.157. The monoisotopic (exact) mass is 301 g/mol. The van der Waals surface area contributed by atoms with Crippen molar-refractivity contribution in [2.24, 2.45) is 11.3 Å². The second-order valence-corrected chi connectivity index (χ2v) is 6.86. The molecule has 1 amide bonds. The molecule has 0 saturated heterocycles. The fourth-order valence-corrected chi connectivity index (χ4v) is 3.42. The molecule has 2 aliphatic rings. The fourth-order valence-electron chi connectivity index (χ4n) is 3.42. The maximum absolute atomic E-state index is 12.4. The number of carboxylic acid groups (broad SMARTS) is 1. The van der Waals surface area contributed by atoms with E-state index in [0.29, 0.717) is 18.8 Å². The molecule has 2 N–H and O–H groups in total. The van der Waals surface area contributed by atoms with Crippen molar-refractivity contribution in [3.05, 3.63) is 35.4 Å². The van der Waals surface area contributed by atoms with E-state index in [4.69, 9.17) is 0 Å². The van der Waals surface area contributed by atoms with E-state index in [1.54, 1.807) is 0 Å². The molecule has 0 bridgehead atoms. The first-order valence-corrected chi connectivity index (χ1v) is 8.10. The van der Waals surface area contributed by atoms with Crippen LogP contribution in [0.3, 0.4) is 0 Å². The Morgan fingerprint density at radius 3 is 2.50 bits per heavy atom. The summed E-state index contributed by atoms with van der Waals surface area (Å²) < 4.78 is 0. The van der Waals surface area contributed by atoms with Crippen LogP contribution < -0.4 is 5.32 Å². The van der Waals surface area contributed by atoms with E-state index in [1.807, 2.05) is 12.1 Å². The van der Waals surface area contributed by atoms with E-state index < -0.39 is 11.4 Å². The summed E-state index contributed by atoms with van der Waals surface area (Å²) in [5.74, 6) is -0.456. The molecule has 1 aromatic rings. The van der Waals surface area contributed by atoms with Gasteiger partial charge in [0.15, 0.2) is 0 Å². The molecular weight excluding hydrogens is 278 g/mol. The molecule has 22 heavy (non-hydrogen) atoms. The molecule has 4 nitrogen and oxygen atoms in total. The molecule has 2 aliphatic carbocycles. The van der Waals surface area contributed by atoms with Crippen LogP contribution in [-0.2, 0) is 9.59 Å². The van der Waals surface area contributed by atoms with E-state index >= 15 is 0 Å². The highest BCUT2D eigenvalue weighted by Gasteiger charge is 2.46. The van der Waals surface area contributed by atoms with Gasteiger partial charge in [-0.1, -0.05) is 30.7 Å². The summed E-state index contributed by atoms with van der Waals surface area (Å²) in [6.07, 6.45) is 4.51. The number of hydrogen-bond donors (Lipinski definition) is 2. The topological polar surface area (TPSA) is 66.4 Å². The van der Waals surface area contributed by atoms with Crippen molar-refractivity contribution in [2.45, 2.75) is 51.5 Å². The molecule has 4 heteroatoms. The number of amides is 1. The first kappa shape index (κ1) is 15.1. The van der Waals surface area contributed by atoms with Gasteiger partial charge < -0.3 is 10.4 Å². The Labute approximate surface area is 130 Å². The normalized spacial score (nSPS) is 20.8. The number of benzene rings is 1. The number of rotatable bonds is 6. The van der Waals surface area contributed by atoms with Crippen LogP contribution in [-0.4, -0.2) is 17.0 Å². The molecular formula is C18H23NO3. The van der Waals surface area contributed by atoms with Crippen molar-refractivity contribution in [3.63, 3.8) is 0 Å². The summed E-state index contributed by atoms with van der Waals surface area (Å²) in [5, 5.41) is 12.5. The van der Waals surface area contributed by atoms with Gasteiger partial charge >= 0.3 is 5.97 Å². The quantitative estimate of drug-likeness (QED) is 0.848. The molecule has 3 rings (SSSR count). The summed E-state index contributed by atoms with van der Waals surface area (Å²) in [5.41, 5.74) is 1.52. The standard InChI is InChI=1S/C18H23NO3/c1-12-5-2-3-6-14(12)16(13-7-8-13)19-15(20)11-18(17(21)22)9-4-10-18/h2-3,5-6,13,16H,4,7-11H2,1H3,(H,19,20)(H,21,22). The molecule has 0 radical (unpaired) electrons. The van der Waals surface area contributed by atoms with E-state index in [-0.39, 0.29) is 18.4 Å². The number of hydrogen-bond acceptors (Lipinski definition) is 2. The van der Waals surface area contributed by atoms with E-state index in [2.05, 4.69) is 24.4 Å². The molecule has 0 aliphatic heterocycles. The van der Waals surface area contributed by atoms with Crippen molar-refractivity contribution in [1.29, 1.82) is 0 Å². The number of aryl methyl sites for hydroxylation is 1. The molecule has 1 unspecified atom stereocenters. The van der Waals surface area contributed by atoms with Gasteiger partial charge in [-0.15, -0.1) is 0 Å². The lowest BCUT2D eigenvalue weighted by Gasteiger charge is -2.37. The average Bonchev–Trinajstić information content (AvgIpc) is 3.25. The third-order valence-electron chi connectivity index (χ3n) is 5.20. The van der Waals surface area contributed by atoms with Crippen molar-refractivity contribution in [1.82, 2.24) is 5.32 Å². The molecule has 1 aromatic carbocycles. The Bertz CT molecular complexity index is 588. The van der Waals surface area contributed by atoms with Crippen molar-refractivity contribution in [3.8, 4) is 0 Å². The summed E-state index contributed by atoms with van der Waals surface area (Å²) in [7, 11) is 0. The Hall–Kier alpha value is -1.84. The van der Waals surface area contributed by atoms with Gasteiger partial charge in [0.1, 0.15) is 0 Å². The fraction of sp³-hybridized carbons (Fsp3) is 0.556. The summed E-state index contributed by atoms with van der Waals surface area (Å²) in [4.78, 5) is 23.8. The second kappa shape index (κ2) is 5.75. The van der Waals surface area contributed by atoms with E-state index in [1.165, 1.54) is 5.56 Å². The Morgan fingerprint density at radius 2 is 2.00 bits per heavy atom. The van der Waals surface area contributed by atoms with Crippen LogP contribution in [0.2, 0.25) is 0 Å². The van der Waals surface area contributed by atoms with Crippen LogP contribution >= 0.6 is 0 Å². The molecule has 0 aromatic heterocycles. The van der Waals surface area contributed by atoms with Crippen molar-refractivity contribution < 1.29 is 14.7 Å². The Morgan fingerprint density at radius 1 is 1.32 bits per heavy atom. The minimum absolute atomic E-state index is 0.0274. The molecule has 0 spiro atoms. The highest BCUT2D eigenvalue weighted by atomic mass is 16.4. The molecule has 0 heterocycles. The lowest BCUT2D eigenvalue weighted by Crippen LogP contribution is -2.43. The highest BCUT2D eigenvalue weighted by molar-refractivity contribution is 5.85. The summed E-state index contributed by atoms with van der Waals surface area (Å²) >= 11 is 0. The number of carboxylic acids is 1. The van der Waals surface area contributed by atoms with Gasteiger partial charge in [0.05, 0.1) is 11.5 Å². The van der Waals surface area contributed by atoms with E-state index in [9.17, 15) is 14.7 Å². The zero-order valence-corrected chi connectivity index (χ0v) is 13.0. The van der Waals surface area contributed by atoms with Gasteiger partial charge in [-0.05, 0) is 49.7 Å². The van der Waals surface area contributed by atoms with E-state index in [0.717, 1.165) is 24.8 Å². The average molecular weight is 301 g/mol. The van der Waals surface area contributed by atoms with Crippen LogP contribution in [0.15, 0.2) is 24.3 Å². The third-order valence-corrected chi connectivity index (χ3v) is 5.20. The SMILES string of the molecule is Cc1ccccc1C(NC(=O)CC1(C(=O)O)CCC1)C1CC1. The second-order valence-electron chi connectivity index (χ2n) is 6.86. The van der Waals surface area contributed by atoms with Crippen LogP contribution in [0.25, 0.3) is 0 Å². The minimum Gasteiger partial charge on any atom is -0.481 e. The van der Waals surface area contributed by atoms with Crippen LogP contribution in [0.1, 0.15) is 55.7 Å². The molecule has 118 valence electrons. The number of aliphatic carboxylic acids is 1. The Kier molecular flexibility index (Phi) is 3.94. The van der Waals surface area contributed by atoms with Gasteiger partial charge in [-0.25, -0.2) is 0 Å². The third kappa shape index (κ3) is 2.87. The molecule has 2 fully saturated rings. The lowest BCUT2D eigenvalue weighted by atomic mass is 9.66. The summed E-state index contributed by atoms with van der Waals surface area (Å²) in [6, 6.07) is 8.14. The largest absolute Gasteiger partial charge is 0.481 e. The number of nitrogens with one attached hydrogen (secondary N) is 1. The highest BCUT2D eigenvalue weighted by Crippen LogP contribution is 2.45. The van der Waals surface area contributed by atoms with Gasteiger partial charge in [-0.3, -0.25) is 9.59 Å². The van der Waals surface area contributed by atoms with Crippen molar-refractivity contribution >= 4 is 11.9 Å². The minimum atomic E-state index is -0.826. The zero-order chi connectivity index (χ0) is 15.7. The Balaban J connectivity index is 1.71. The first-order chi connectivity index (χ1) is 10.5. The number of carbonyl (C=O) groups is 2. The van der Waals surface area contributed by atoms with Gasteiger partial charge in [0.25, 0.3) is 0 Å². The maximum atomic E-state index is 12.4. The predicted molar refractivity (Wildman–Crippen MR) is 83.3 cm³/mol. The van der Waals surface area contributed by atoms with Crippen molar-refractivity contribution in [2.75, 3.05) is 0 Å². The predicted octanol–water partition coefficient (Wildman–Crippen LogP) is 3.21. The maximum Gasteiger partial charge on any atom is 0.310 e. The van der Waals surface area contributed by atoms with Gasteiger partial charge in [0, 0.05) is 6.42 Å². The van der Waals surface area contributed by atoms with Gasteiger partial charge in [0.2, 0.25) is 5.91 Å².